The van der Waals surface area contributed by atoms with Gasteiger partial charge in [0, 0.05) is 10.6 Å². The van der Waals surface area contributed by atoms with Gasteiger partial charge in [-0.25, -0.2) is 4.39 Å². The molecule has 0 aromatic heterocycles. The van der Waals surface area contributed by atoms with E-state index < -0.39 is 21.7 Å². The van der Waals surface area contributed by atoms with Crippen molar-refractivity contribution in [3.63, 3.8) is 0 Å². The van der Waals surface area contributed by atoms with Crippen LogP contribution >= 0.6 is 70.2 Å². The number of alkyl halides is 3. The Morgan fingerprint density at radius 2 is 1.67 bits per heavy atom. The molecular formula is C16H11Cl5FN3OS. The molecule has 0 aliphatic heterocycles. The second-order valence-electron chi connectivity index (χ2n) is 5.18. The summed E-state index contributed by atoms with van der Waals surface area (Å²) in [7, 11) is 0. The fraction of sp³-hybridized carbons (Fsp3) is 0.125. The molecule has 0 spiro atoms. The number of hydrogen-bond donors (Lipinski definition) is 3. The van der Waals surface area contributed by atoms with E-state index in [-0.39, 0.29) is 10.7 Å². The third-order valence-electron chi connectivity index (χ3n) is 3.16. The lowest BCUT2D eigenvalue weighted by atomic mass is 10.2. The van der Waals surface area contributed by atoms with E-state index in [1.807, 2.05) is 0 Å². The summed E-state index contributed by atoms with van der Waals surface area (Å²) < 4.78 is 11.0. The Balaban J connectivity index is 2.08. The number of carbonyl (C=O) groups excluding carboxylic acids is 1. The van der Waals surface area contributed by atoms with Crippen LogP contribution in [0.4, 0.5) is 10.1 Å². The van der Waals surface area contributed by atoms with Crippen molar-refractivity contribution in [1.82, 2.24) is 10.6 Å². The molecule has 4 nitrogen and oxygen atoms in total. The number of halogens is 6. The molecule has 0 aliphatic rings. The third-order valence-corrected chi connectivity index (χ3v) is 4.59. The maximum atomic E-state index is 13.0. The van der Waals surface area contributed by atoms with Gasteiger partial charge in [0.1, 0.15) is 12.0 Å². The molecule has 0 saturated heterocycles. The van der Waals surface area contributed by atoms with Gasteiger partial charge in [-0.1, -0.05) is 58.0 Å². The number of hydrogen-bond acceptors (Lipinski definition) is 2. The smallest absolute Gasteiger partial charge is 0.252 e. The first-order valence-electron chi connectivity index (χ1n) is 7.22. The quantitative estimate of drug-likeness (QED) is 0.300. The van der Waals surface area contributed by atoms with Crippen LogP contribution in [0.1, 0.15) is 10.4 Å². The van der Waals surface area contributed by atoms with Gasteiger partial charge in [0.15, 0.2) is 5.11 Å². The summed E-state index contributed by atoms with van der Waals surface area (Å²) in [5.41, 5.74) is 0.642. The molecule has 27 heavy (non-hydrogen) atoms. The maximum Gasteiger partial charge on any atom is 0.252 e. The highest BCUT2D eigenvalue weighted by Gasteiger charge is 2.35. The SMILES string of the molecule is O=C(N[C@@H](NC(=S)Nc1ccc(Cl)cc1Cl)C(Cl)(Cl)Cl)c1ccc(F)cc1. The lowest BCUT2D eigenvalue weighted by molar-refractivity contribution is 0.0934. The first-order valence-corrected chi connectivity index (χ1v) is 9.52. The van der Waals surface area contributed by atoms with Gasteiger partial charge in [0.05, 0.1) is 10.7 Å². The predicted octanol–water partition coefficient (Wildman–Crippen LogP) is 5.55. The molecule has 11 heteroatoms. The van der Waals surface area contributed by atoms with Gasteiger partial charge in [-0.3, -0.25) is 4.79 Å². The summed E-state index contributed by atoms with van der Waals surface area (Å²) in [4.78, 5) is 12.3. The Morgan fingerprint density at radius 3 is 2.22 bits per heavy atom. The normalized spacial score (nSPS) is 12.2. The molecule has 0 radical (unpaired) electrons. The molecule has 0 unspecified atom stereocenters. The van der Waals surface area contributed by atoms with Crippen LogP contribution in [0.2, 0.25) is 10.0 Å². The van der Waals surface area contributed by atoms with E-state index >= 15 is 0 Å². The van der Waals surface area contributed by atoms with E-state index in [0.29, 0.717) is 15.7 Å². The molecule has 1 atom stereocenters. The summed E-state index contributed by atoms with van der Waals surface area (Å²) >= 11 is 34.8. The topological polar surface area (TPSA) is 53.2 Å². The molecule has 0 heterocycles. The maximum absolute atomic E-state index is 13.0. The van der Waals surface area contributed by atoms with Crippen LogP contribution in [-0.4, -0.2) is 21.0 Å². The zero-order valence-electron chi connectivity index (χ0n) is 13.2. The number of anilines is 1. The highest BCUT2D eigenvalue weighted by molar-refractivity contribution is 7.80. The molecule has 2 rings (SSSR count). The summed E-state index contributed by atoms with van der Waals surface area (Å²) in [5, 5.41) is 8.80. The van der Waals surface area contributed by atoms with Crippen molar-refractivity contribution >= 4 is 86.9 Å². The molecule has 3 N–H and O–H groups in total. The predicted molar refractivity (Wildman–Crippen MR) is 114 cm³/mol. The number of thiocarbonyl (C=S) groups is 1. The third kappa shape index (κ3) is 6.82. The van der Waals surface area contributed by atoms with Gasteiger partial charge < -0.3 is 16.0 Å². The van der Waals surface area contributed by atoms with Crippen molar-refractivity contribution in [3.8, 4) is 0 Å². The van der Waals surface area contributed by atoms with E-state index in [1.165, 1.54) is 18.2 Å². The highest BCUT2D eigenvalue weighted by atomic mass is 35.6. The van der Waals surface area contributed by atoms with Gasteiger partial charge in [0.25, 0.3) is 5.91 Å². The lowest BCUT2D eigenvalue weighted by Gasteiger charge is -2.28. The summed E-state index contributed by atoms with van der Waals surface area (Å²) in [6.45, 7) is 0. The first-order chi connectivity index (χ1) is 12.6. The minimum Gasteiger partial charge on any atom is -0.339 e. The van der Waals surface area contributed by atoms with Crippen LogP contribution < -0.4 is 16.0 Å². The average Bonchev–Trinajstić information content (AvgIpc) is 2.56. The van der Waals surface area contributed by atoms with E-state index in [1.54, 1.807) is 12.1 Å². The Bertz CT molecular complexity index is 845. The lowest BCUT2D eigenvalue weighted by Crippen LogP contribution is -2.56. The number of nitrogens with one attached hydrogen (secondary N) is 3. The Morgan fingerprint density at radius 1 is 1.04 bits per heavy atom. The minimum absolute atomic E-state index is 0.0370. The van der Waals surface area contributed by atoms with Crippen LogP contribution in [0.15, 0.2) is 42.5 Å². The molecule has 0 saturated carbocycles. The first kappa shape index (κ1) is 22.3. The Kier molecular flexibility index (Phi) is 7.80. The van der Waals surface area contributed by atoms with Crippen LogP contribution in [-0.2, 0) is 0 Å². The molecule has 1 amide bonds. The van der Waals surface area contributed by atoms with E-state index in [2.05, 4.69) is 16.0 Å². The van der Waals surface area contributed by atoms with Crippen molar-refractivity contribution in [2.45, 2.75) is 9.96 Å². The van der Waals surface area contributed by atoms with Crippen LogP contribution in [0, 0.1) is 5.82 Å². The van der Waals surface area contributed by atoms with Crippen molar-refractivity contribution in [3.05, 3.63) is 63.9 Å². The molecular weight excluding hydrogens is 479 g/mol. The van der Waals surface area contributed by atoms with Gasteiger partial charge in [-0.15, -0.1) is 0 Å². The van der Waals surface area contributed by atoms with E-state index in [0.717, 1.165) is 12.1 Å². The number of rotatable bonds is 4. The fourth-order valence-corrected chi connectivity index (χ4v) is 2.91. The molecule has 0 fully saturated rings. The zero-order valence-corrected chi connectivity index (χ0v) is 17.8. The van der Waals surface area contributed by atoms with Crippen molar-refractivity contribution in [1.29, 1.82) is 0 Å². The van der Waals surface area contributed by atoms with E-state index in [9.17, 15) is 9.18 Å². The molecule has 2 aromatic rings. The van der Waals surface area contributed by atoms with Crippen molar-refractivity contribution in [2.75, 3.05) is 5.32 Å². The molecule has 0 bridgehead atoms. The van der Waals surface area contributed by atoms with Gasteiger partial charge >= 0.3 is 0 Å². The largest absolute Gasteiger partial charge is 0.339 e. The van der Waals surface area contributed by atoms with E-state index in [4.69, 9.17) is 70.2 Å². The van der Waals surface area contributed by atoms with Crippen molar-refractivity contribution in [2.24, 2.45) is 0 Å². The molecule has 144 valence electrons. The summed E-state index contributed by atoms with van der Waals surface area (Å²) in [5.74, 6) is -1.07. The minimum atomic E-state index is -1.94. The number of carbonyl (C=O) groups is 1. The average molecular weight is 490 g/mol. The number of benzene rings is 2. The van der Waals surface area contributed by atoms with Gasteiger partial charge in [-0.2, -0.15) is 0 Å². The zero-order chi connectivity index (χ0) is 20.2. The summed E-state index contributed by atoms with van der Waals surface area (Å²) in [6.07, 6.45) is -1.19. The Labute approximate surface area is 185 Å². The van der Waals surface area contributed by atoms with Gasteiger partial charge in [0.2, 0.25) is 3.79 Å². The monoisotopic (exact) mass is 487 g/mol. The second kappa shape index (κ2) is 9.45. The van der Waals surface area contributed by atoms with Crippen LogP contribution in [0.3, 0.4) is 0 Å². The van der Waals surface area contributed by atoms with Crippen LogP contribution in [0.25, 0.3) is 0 Å². The highest BCUT2D eigenvalue weighted by Crippen LogP contribution is 2.30. The summed E-state index contributed by atoms with van der Waals surface area (Å²) in [6, 6.07) is 9.62. The Hall–Kier alpha value is -1.02. The fourth-order valence-electron chi connectivity index (χ4n) is 1.90. The van der Waals surface area contributed by atoms with Gasteiger partial charge in [-0.05, 0) is 54.7 Å². The molecule has 0 aliphatic carbocycles. The standard InChI is InChI=1S/C16H11Cl5FN3OS/c17-9-3-6-12(11(18)7-9)23-15(27)25-14(16(19,20)21)24-13(26)8-1-4-10(22)5-2-8/h1-7,14H,(H,24,26)(H2,23,25,27)/t14-/m0/s1. The second-order valence-corrected chi connectivity index (χ2v) is 8.80. The number of amides is 1. The molecule has 2 aromatic carbocycles. The van der Waals surface area contributed by atoms with Crippen molar-refractivity contribution < 1.29 is 9.18 Å². The van der Waals surface area contributed by atoms with Crippen LogP contribution in [0.5, 0.6) is 0 Å².